The predicted molar refractivity (Wildman–Crippen MR) is 111 cm³/mol. The van der Waals surface area contributed by atoms with Gasteiger partial charge in [-0.2, -0.15) is 0 Å². The highest BCUT2D eigenvalue weighted by atomic mass is 16.7. The molecule has 0 aromatic carbocycles. The highest BCUT2D eigenvalue weighted by Crippen LogP contribution is 2.26. The summed E-state index contributed by atoms with van der Waals surface area (Å²) in [5.41, 5.74) is 0. The second-order valence-electron chi connectivity index (χ2n) is 7.18. The predicted octanol–water partition coefficient (Wildman–Crippen LogP) is 1.75. The van der Waals surface area contributed by atoms with E-state index in [0.29, 0.717) is 19.3 Å². The minimum Gasteiger partial charge on any atom is -0.466 e. The fraction of sp³-hybridized carbons (Fsp3) is 0.682. The Hall–Kier alpha value is -2.95. The first kappa shape index (κ1) is 28.1. The second kappa shape index (κ2) is 15.0. The summed E-state index contributed by atoms with van der Waals surface area (Å²) in [5, 5.41) is 0. The molecule has 186 valence electrons. The van der Waals surface area contributed by atoms with Crippen LogP contribution in [0.3, 0.4) is 0 Å². The summed E-state index contributed by atoms with van der Waals surface area (Å²) in [7, 11) is 1.14. The van der Waals surface area contributed by atoms with Crippen LogP contribution in [-0.2, 0) is 52.4 Å². The Kier molecular flexibility index (Phi) is 12.8. The first-order valence-corrected chi connectivity index (χ1v) is 10.9. The molecule has 4 atom stereocenters. The van der Waals surface area contributed by atoms with E-state index in [1.807, 2.05) is 0 Å². The zero-order valence-electron chi connectivity index (χ0n) is 19.4. The van der Waals surface area contributed by atoms with Gasteiger partial charge in [0.25, 0.3) is 0 Å². The highest BCUT2D eigenvalue weighted by molar-refractivity contribution is 5.91. The van der Waals surface area contributed by atoms with Crippen LogP contribution in [-0.4, -0.2) is 68.2 Å². The molecule has 0 N–H and O–H groups in total. The van der Waals surface area contributed by atoms with E-state index in [9.17, 15) is 24.0 Å². The summed E-state index contributed by atoms with van der Waals surface area (Å²) in [6.45, 7) is 5.06. The van der Waals surface area contributed by atoms with Crippen LogP contribution in [0, 0.1) is 0 Å². The van der Waals surface area contributed by atoms with Gasteiger partial charge in [0.05, 0.1) is 13.7 Å². The van der Waals surface area contributed by atoms with Gasteiger partial charge in [-0.25, -0.2) is 9.59 Å². The normalized spacial score (nSPS) is 22.3. The molecule has 0 saturated carbocycles. The van der Waals surface area contributed by atoms with Crippen LogP contribution >= 0.6 is 0 Å². The first-order chi connectivity index (χ1) is 15.7. The van der Waals surface area contributed by atoms with Crippen molar-refractivity contribution in [1.29, 1.82) is 0 Å². The molecule has 1 rings (SSSR count). The lowest BCUT2D eigenvalue weighted by Crippen LogP contribution is -2.58. The maximum absolute atomic E-state index is 12.3. The van der Waals surface area contributed by atoms with Gasteiger partial charge in [-0.15, -0.1) is 0 Å². The SMILES string of the molecule is CCCC(=O)O[C@@H]1[C@@H](OC(=O)CCC)[C@@H](OC(=O)/C=C/C(=O)OC)OC[C@@H]1OC(=O)CCC. The van der Waals surface area contributed by atoms with Gasteiger partial charge in [0, 0.05) is 31.4 Å². The van der Waals surface area contributed by atoms with Crippen LogP contribution < -0.4 is 0 Å². The number of esters is 5. The van der Waals surface area contributed by atoms with Crippen LogP contribution in [0.1, 0.15) is 59.3 Å². The molecule has 0 aromatic heterocycles. The van der Waals surface area contributed by atoms with Crippen molar-refractivity contribution in [2.45, 2.75) is 83.9 Å². The van der Waals surface area contributed by atoms with Crippen molar-refractivity contribution >= 4 is 29.8 Å². The first-order valence-electron chi connectivity index (χ1n) is 10.9. The number of carbonyl (C=O) groups excluding carboxylic acids is 5. The largest absolute Gasteiger partial charge is 0.466 e. The van der Waals surface area contributed by atoms with Crippen molar-refractivity contribution in [2.75, 3.05) is 13.7 Å². The van der Waals surface area contributed by atoms with E-state index in [4.69, 9.17) is 23.7 Å². The second-order valence-corrected chi connectivity index (χ2v) is 7.18. The van der Waals surface area contributed by atoms with Crippen molar-refractivity contribution in [3.63, 3.8) is 0 Å². The Labute approximate surface area is 192 Å². The monoisotopic (exact) mass is 472 g/mol. The molecule has 1 fully saturated rings. The van der Waals surface area contributed by atoms with Crippen molar-refractivity contribution in [1.82, 2.24) is 0 Å². The summed E-state index contributed by atoms with van der Waals surface area (Å²) < 4.78 is 31.4. The zero-order chi connectivity index (χ0) is 24.8. The summed E-state index contributed by atoms with van der Waals surface area (Å²) in [6, 6.07) is 0. The summed E-state index contributed by atoms with van der Waals surface area (Å²) in [5.74, 6) is -3.56. The molecule has 1 aliphatic heterocycles. The Morgan fingerprint density at radius 3 is 1.73 bits per heavy atom. The maximum atomic E-state index is 12.3. The summed E-state index contributed by atoms with van der Waals surface area (Å²) in [4.78, 5) is 59.9. The van der Waals surface area contributed by atoms with Crippen molar-refractivity contribution in [3.8, 4) is 0 Å². The van der Waals surface area contributed by atoms with Gasteiger partial charge in [0.15, 0.2) is 12.2 Å². The molecular formula is C22H32O11. The molecule has 11 nitrogen and oxygen atoms in total. The number of ether oxygens (including phenoxy) is 6. The van der Waals surface area contributed by atoms with Crippen molar-refractivity contribution in [2.24, 2.45) is 0 Å². The molecule has 33 heavy (non-hydrogen) atoms. The molecular weight excluding hydrogens is 440 g/mol. The van der Waals surface area contributed by atoms with Crippen LogP contribution in [0.2, 0.25) is 0 Å². The minimum atomic E-state index is -1.47. The lowest BCUT2D eigenvalue weighted by atomic mass is 10.0. The number of hydrogen-bond acceptors (Lipinski definition) is 11. The molecule has 1 aliphatic rings. The van der Waals surface area contributed by atoms with Crippen LogP contribution in [0.4, 0.5) is 0 Å². The van der Waals surface area contributed by atoms with E-state index in [1.54, 1.807) is 20.8 Å². The molecule has 1 saturated heterocycles. The fourth-order valence-corrected chi connectivity index (χ4v) is 2.83. The molecule has 0 unspecified atom stereocenters. The highest BCUT2D eigenvalue weighted by Gasteiger charge is 2.49. The van der Waals surface area contributed by atoms with Crippen LogP contribution in [0.15, 0.2) is 12.2 Å². The summed E-state index contributed by atoms with van der Waals surface area (Å²) in [6.07, 6.45) is -1.78. The Morgan fingerprint density at radius 1 is 0.727 bits per heavy atom. The van der Waals surface area contributed by atoms with Crippen molar-refractivity contribution < 1.29 is 52.4 Å². The zero-order valence-corrected chi connectivity index (χ0v) is 19.4. The van der Waals surface area contributed by atoms with Gasteiger partial charge < -0.3 is 28.4 Å². The van der Waals surface area contributed by atoms with E-state index in [0.717, 1.165) is 19.3 Å². The molecule has 0 amide bonds. The van der Waals surface area contributed by atoms with E-state index in [-0.39, 0.29) is 25.9 Å². The van der Waals surface area contributed by atoms with Gasteiger partial charge in [-0.05, 0) is 19.3 Å². The number of rotatable bonds is 12. The average Bonchev–Trinajstić information content (AvgIpc) is 2.76. The molecule has 0 aliphatic carbocycles. The van der Waals surface area contributed by atoms with Gasteiger partial charge >= 0.3 is 29.8 Å². The molecule has 11 heteroatoms. The van der Waals surface area contributed by atoms with Gasteiger partial charge in [0.1, 0.15) is 0 Å². The Morgan fingerprint density at radius 2 is 1.21 bits per heavy atom. The molecule has 0 spiro atoms. The number of methoxy groups -OCH3 is 1. The van der Waals surface area contributed by atoms with E-state index >= 15 is 0 Å². The quantitative estimate of drug-likeness (QED) is 0.233. The topological polar surface area (TPSA) is 141 Å². The van der Waals surface area contributed by atoms with Gasteiger partial charge in [-0.1, -0.05) is 20.8 Å². The number of hydrogen-bond donors (Lipinski definition) is 0. The van der Waals surface area contributed by atoms with Crippen LogP contribution in [0.25, 0.3) is 0 Å². The lowest BCUT2D eigenvalue weighted by molar-refractivity contribution is -0.274. The third-order valence-electron chi connectivity index (χ3n) is 4.35. The van der Waals surface area contributed by atoms with Crippen LogP contribution in [0.5, 0.6) is 0 Å². The number of carbonyl (C=O) groups is 5. The Balaban J connectivity index is 3.16. The van der Waals surface area contributed by atoms with Crippen molar-refractivity contribution in [3.05, 3.63) is 12.2 Å². The average molecular weight is 472 g/mol. The molecule has 0 bridgehead atoms. The van der Waals surface area contributed by atoms with Gasteiger partial charge in [0.2, 0.25) is 12.4 Å². The molecule has 0 radical (unpaired) electrons. The molecule has 1 heterocycles. The smallest absolute Gasteiger partial charge is 0.333 e. The van der Waals surface area contributed by atoms with Gasteiger partial charge in [-0.3, -0.25) is 14.4 Å². The van der Waals surface area contributed by atoms with E-state index < -0.39 is 54.4 Å². The third-order valence-corrected chi connectivity index (χ3v) is 4.35. The Bertz CT molecular complexity index is 715. The summed E-state index contributed by atoms with van der Waals surface area (Å²) >= 11 is 0. The standard InChI is InChI=1S/C22H32O11/c1-5-8-16(24)30-14-13-29-22(33-19(27)12-11-15(23)28-4)21(32-18(26)10-7-3)20(14)31-17(25)9-6-2/h11-12,14,20-22H,5-10,13H2,1-4H3/b12-11+/t14-,20-,21+,22+/m0/s1. The van der Waals surface area contributed by atoms with E-state index in [1.165, 1.54) is 0 Å². The minimum absolute atomic E-state index is 0.0509. The maximum Gasteiger partial charge on any atom is 0.333 e. The molecule has 0 aromatic rings. The third kappa shape index (κ3) is 10.0. The van der Waals surface area contributed by atoms with E-state index in [2.05, 4.69) is 4.74 Å². The fourth-order valence-electron chi connectivity index (χ4n) is 2.83. The lowest BCUT2D eigenvalue weighted by Gasteiger charge is -2.40.